The van der Waals surface area contributed by atoms with Crippen molar-refractivity contribution in [1.29, 1.82) is 0 Å². The zero-order valence-corrected chi connectivity index (χ0v) is 9.23. The Morgan fingerprint density at radius 1 is 0.444 bits per heavy atom. The van der Waals surface area contributed by atoms with E-state index in [1.54, 1.807) is 0 Å². The fourth-order valence-corrected chi connectivity index (χ4v) is 0. The van der Waals surface area contributed by atoms with Crippen LogP contribution in [-0.2, 0) is 19.5 Å². The van der Waals surface area contributed by atoms with Gasteiger partial charge in [-0.1, -0.05) is 0 Å². The molecular weight excluding hydrogens is 363 g/mol. The first-order chi connectivity index (χ1) is 6.93. The van der Waals surface area contributed by atoms with Gasteiger partial charge in [-0.3, -0.25) is 0 Å². The first-order valence-corrected chi connectivity index (χ1v) is 2.19. The van der Waals surface area contributed by atoms with Gasteiger partial charge in [0.1, 0.15) is 0 Å². The van der Waals surface area contributed by atoms with Crippen molar-refractivity contribution in [3.63, 3.8) is 0 Å². The predicted octanol–water partition coefficient (Wildman–Crippen LogP) is -1.44. The standard InChI is InChI=1S/4NO3.N.Ru/c4*2-1(3)4;;/q4*-1;;+4. The maximum absolute atomic E-state index is 8.25. The summed E-state index contributed by atoms with van der Waals surface area (Å²) in [6.07, 6.45) is 0. The normalized spacial score (nSPS) is 5.33. The van der Waals surface area contributed by atoms with Gasteiger partial charge in [-0.05, 0) is 0 Å². The van der Waals surface area contributed by atoms with Crippen molar-refractivity contribution < 1.29 is 39.8 Å². The first-order valence-electron chi connectivity index (χ1n) is 2.19. The number of hydrogen-bond donors (Lipinski definition) is 0. The second-order valence-corrected chi connectivity index (χ2v) is 0.894. The van der Waals surface area contributed by atoms with Gasteiger partial charge in [0.05, 0.1) is 20.3 Å². The maximum atomic E-state index is 8.25. The van der Waals surface area contributed by atoms with Gasteiger partial charge in [0.15, 0.2) is 0 Å². The monoisotopic (exact) mass is 364 g/mol. The Morgan fingerprint density at radius 2 is 0.444 bits per heavy atom. The fraction of sp³-hybridized carbons (Fsp3) is 0. The average Bonchev–Trinajstić information content (AvgIpc) is 1.76. The van der Waals surface area contributed by atoms with Crippen LogP contribution in [0.5, 0.6) is 0 Å². The Balaban J connectivity index is -0.0000000257. The second-order valence-electron chi connectivity index (χ2n) is 0.894. The van der Waals surface area contributed by atoms with Crippen molar-refractivity contribution >= 4 is 0 Å². The van der Waals surface area contributed by atoms with Crippen LogP contribution in [0.1, 0.15) is 0 Å². The molecule has 105 valence electrons. The summed E-state index contributed by atoms with van der Waals surface area (Å²) in [6, 6.07) is 0. The molecule has 0 rings (SSSR count). The fourth-order valence-electron chi connectivity index (χ4n) is 0. The summed E-state index contributed by atoms with van der Waals surface area (Å²) in [5.41, 5.74) is 0. The van der Waals surface area contributed by atoms with Crippen molar-refractivity contribution in [3.05, 3.63) is 61.3 Å². The Bertz CT molecular complexity index is 161. The van der Waals surface area contributed by atoms with Crippen molar-refractivity contribution in [3.8, 4) is 0 Å². The zero-order chi connectivity index (χ0) is 14.3. The quantitative estimate of drug-likeness (QED) is 0.271. The topological polar surface area (TPSA) is 295 Å². The van der Waals surface area contributed by atoms with Gasteiger partial charge in [-0.25, -0.2) is 0 Å². The molecule has 0 saturated carbocycles. The van der Waals surface area contributed by atoms with Crippen LogP contribution in [-0.4, -0.2) is 20.3 Å². The molecule has 0 bridgehead atoms. The SMILES string of the molecule is O=[N+]([O-])[O-].O=[N+]([O-])[O-].O=[N+]([O-])[O-].O=[N+]([O-])[O-].[N].[Ru+4]. The van der Waals surface area contributed by atoms with E-state index in [1.165, 1.54) is 0 Å². The van der Waals surface area contributed by atoms with Crippen LogP contribution in [0, 0.1) is 61.3 Å². The van der Waals surface area contributed by atoms with E-state index in [4.69, 9.17) is 61.3 Å². The minimum atomic E-state index is -1.75. The summed E-state index contributed by atoms with van der Waals surface area (Å²) < 4.78 is 0. The molecule has 17 nitrogen and oxygen atoms in total. The van der Waals surface area contributed by atoms with Crippen LogP contribution < -0.4 is 6.15 Å². The Labute approximate surface area is 108 Å². The Hall–Kier alpha value is -2.62. The molecule has 0 saturated heterocycles. The molecule has 0 fully saturated rings. The largest absolute Gasteiger partial charge is 4.00 e. The zero-order valence-electron chi connectivity index (χ0n) is 7.49. The summed E-state index contributed by atoms with van der Waals surface area (Å²) in [6.45, 7) is 0. The molecule has 0 aliphatic carbocycles. The average molecular weight is 363 g/mol. The molecule has 0 spiro atoms. The molecule has 0 aliphatic rings. The van der Waals surface area contributed by atoms with Gasteiger partial charge in [0.25, 0.3) is 0 Å². The molecule has 0 atom stereocenters. The third kappa shape index (κ3) is 300. The summed E-state index contributed by atoms with van der Waals surface area (Å²) in [4.78, 5) is 33.0. The summed E-state index contributed by atoms with van der Waals surface area (Å²) >= 11 is 0. The molecule has 3 radical (unpaired) electrons. The molecule has 0 unspecified atom stereocenters. The predicted molar refractivity (Wildman–Crippen MR) is 43.6 cm³/mol. The van der Waals surface area contributed by atoms with E-state index >= 15 is 0 Å². The van der Waals surface area contributed by atoms with Crippen LogP contribution in [0.15, 0.2) is 0 Å². The van der Waals surface area contributed by atoms with Crippen LogP contribution in [0.3, 0.4) is 0 Å². The third-order valence-electron chi connectivity index (χ3n) is 0. The van der Waals surface area contributed by atoms with Crippen molar-refractivity contribution in [2.75, 3.05) is 0 Å². The molecular formula is N5O12Ru. The van der Waals surface area contributed by atoms with Crippen molar-refractivity contribution in [2.45, 2.75) is 0 Å². The van der Waals surface area contributed by atoms with Crippen molar-refractivity contribution in [2.24, 2.45) is 0 Å². The molecule has 0 N–H and O–H groups in total. The van der Waals surface area contributed by atoms with Crippen LogP contribution in [0.25, 0.3) is 0 Å². The maximum Gasteiger partial charge on any atom is 4.00 e. The van der Waals surface area contributed by atoms with Crippen molar-refractivity contribution in [1.82, 2.24) is 6.15 Å². The van der Waals surface area contributed by atoms with E-state index in [0.29, 0.717) is 0 Å². The smallest absolute Gasteiger partial charge is 0.356 e. The van der Waals surface area contributed by atoms with E-state index in [0.717, 1.165) is 0 Å². The third-order valence-corrected chi connectivity index (χ3v) is 0. The van der Waals surface area contributed by atoms with Gasteiger partial charge in [0, 0.05) is 6.15 Å². The van der Waals surface area contributed by atoms with Gasteiger partial charge in [-0.2, -0.15) is 0 Å². The molecule has 0 heterocycles. The molecule has 0 aromatic heterocycles. The van der Waals surface area contributed by atoms with Gasteiger partial charge >= 0.3 is 19.5 Å². The molecule has 0 amide bonds. The second kappa shape index (κ2) is 29.3. The van der Waals surface area contributed by atoms with Crippen LogP contribution in [0.4, 0.5) is 0 Å². The van der Waals surface area contributed by atoms with E-state index in [-0.39, 0.29) is 25.6 Å². The Morgan fingerprint density at radius 3 is 0.444 bits per heavy atom. The Kier molecular flexibility index (Phi) is 58.8. The number of nitrogens with zero attached hydrogens (tertiary/aromatic N) is 5. The minimum Gasteiger partial charge on any atom is -0.356 e. The molecule has 18 heteroatoms. The summed E-state index contributed by atoms with van der Waals surface area (Å²) in [5.74, 6) is 0. The molecule has 0 aromatic rings. The molecule has 0 aliphatic heterocycles. The number of rotatable bonds is 0. The van der Waals surface area contributed by atoms with E-state index in [2.05, 4.69) is 0 Å². The first kappa shape index (κ1) is 36.1. The van der Waals surface area contributed by atoms with E-state index in [1.807, 2.05) is 0 Å². The van der Waals surface area contributed by atoms with Gasteiger partial charge in [-0.15, -0.1) is 0 Å². The minimum absolute atomic E-state index is 0. The van der Waals surface area contributed by atoms with Crippen LogP contribution in [0.2, 0.25) is 0 Å². The van der Waals surface area contributed by atoms with Gasteiger partial charge < -0.3 is 61.3 Å². The number of hydrogen-bond acceptors (Lipinski definition) is 12. The van der Waals surface area contributed by atoms with E-state index < -0.39 is 20.3 Å². The van der Waals surface area contributed by atoms with E-state index in [9.17, 15) is 0 Å². The molecule has 0 aromatic carbocycles. The summed E-state index contributed by atoms with van der Waals surface area (Å²) in [7, 11) is 0. The summed E-state index contributed by atoms with van der Waals surface area (Å²) in [5, 5.41) is 59.0. The van der Waals surface area contributed by atoms with Crippen LogP contribution >= 0.6 is 0 Å². The van der Waals surface area contributed by atoms with Gasteiger partial charge in [0.2, 0.25) is 0 Å². The molecule has 18 heavy (non-hydrogen) atoms.